The number of anilines is 1. The average molecular weight is 483 g/mol. The van der Waals surface area contributed by atoms with Crippen molar-refractivity contribution in [1.82, 2.24) is 19.9 Å². The second-order valence-electron chi connectivity index (χ2n) is 7.85. The van der Waals surface area contributed by atoms with E-state index in [2.05, 4.69) is 25.3 Å². The van der Waals surface area contributed by atoms with Crippen LogP contribution in [-0.2, 0) is 4.74 Å². The Morgan fingerprint density at radius 3 is 2.91 bits per heavy atom. The fraction of sp³-hybridized carbons (Fsp3) is 0.304. The van der Waals surface area contributed by atoms with Crippen molar-refractivity contribution in [3.8, 4) is 0 Å². The van der Waals surface area contributed by atoms with Gasteiger partial charge in [-0.3, -0.25) is 4.99 Å². The molecule has 3 heterocycles. The van der Waals surface area contributed by atoms with Crippen molar-refractivity contribution in [2.75, 3.05) is 31.3 Å². The van der Waals surface area contributed by atoms with Gasteiger partial charge in [0.1, 0.15) is 35.2 Å². The summed E-state index contributed by atoms with van der Waals surface area (Å²) in [5, 5.41) is 16.5. The van der Waals surface area contributed by atoms with Crippen molar-refractivity contribution in [1.29, 1.82) is 0 Å². The number of benzene rings is 2. The van der Waals surface area contributed by atoms with Gasteiger partial charge in [0.25, 0.3) is 0 Å². The minimum absolute atomic E-state index is 0.269. The Bertz CT molecular complexity index is 1360. The predicted molar refractivity (Wildman–Crippen MR) is 133 cm³/mol. The number of aromatic nitrogens is 4. The molecule has 0 fully saturated rings. The highest BCUT2D eigenvalue weighted by Gasteiger charge is 2.23. The average Bonchev–Trinajstić information content (AvgIpc) is 3.48. The van der Waals surface area contributed by atoms with Gasteiger partial charge in [0, 0.05) is 29.8 Å². The maximum atomic E-state index is 10.8. The molecule has 4 aromatic rings. The molecule has 0 saturated heterocycles. The number of nitrogens with one attached hydrogen (secondary N) is 2. The second-order valence-corrected chi connectivity index (χ2v) is 9.41. The van der Waals surface area contributed by atoms with E-state index < -0.39 is 6.10 Å². The van der Waals surface area contributed by atoms with Gasteiger partial charge in [-0.1, -0.05) is 11.6 Å². The van der Waals surface area contributed by atoms with Crippen LogP contribution >= 0.6 is 23.4 Å². The first-order chi connectivity index (χ1) is 16.0. The van der Waals surface area contributed by atoms with Crippen molar-refractivity contribution in [3.05, 3.63) is 58.6 Å². The van der Waals surface area contributed by atoms with E-state index in [1.807, 2.05) is 37.3 Å². The van der Waals surface area contributed by atoms with Crippen molar-refractivity contribution in [2.24, 2.45) is 4.99 Å². The van der Waals surface area contributed by atoms with Crippen molar-refractivity contribution in [2.45, 2.75) is 19.1 Å². The smallest absolute Gasteiger partial charge is 0.137 e. The summed E-state index contributed by atoms with van der Waals surface area (Å²) in [7, 11) is 1.65. The number of fused-ring (bicyclic) bond motifs is 2. The first-order valence-corrected chi connectivity index (χ1v) is 11.9. The van der Waals surface area contributed by atoms with Gasteiger partial charge in [-0.25, -0.2) is 15.0 Å². The molecule has 0 amide bonds. The summed E-state index contributed by atoms with van der Waals surface area (Å²) in [5.41, 5.74) is 4.18. The topological polar surface area (TPSA) is 108 Å². The summed E-state index contributed by atoms with van der Waals surface area (Å²) in [6.45, 7) is 3.10. The zero-order chi connectivity index (χ0) is 22.9. The Morgan fingerprint density at radius 2 is 2.12 bits per heavy atom. The van der Waals surface area contributed by atoms with Gasteiger partial charge in [-0.05, 0) is 48.4 Å². The number of imidazole rings is 1. The monoisotopic (exact) mass is 482 g/mol. The summed E-state index contributed by atoms with van der Waals surface area (Å²) in [6.07, 6.45) is 0.775. The largest absolute Gasteiger partial charge is 0.382 e. The standard InChI is InChI=1S/C23H23ClN6O2S/c1-12-7-15-17(9-14(12)20(31)23-25-5-6-33-23)26-11-27-21(15)30-19(10-32-2)22-28-16-4-3-13(24)8-18(16)29-22/h3-4,7-9,11,19-20,31H,5-6,10H2,1-2H3,(H,28,29)(H,26,27,30)/t19-,20?/m1/s1. The molecule has 0 bridgehead atoms. The third kappa shape index (κ3) is 4.41. The van der Waals surface area contributed by atoms with Gasteiger partial charge in [0.15, 0.2) is 0 Å². The van der Waals surface area contributed by atoms with E-state index in [0.717, 1.165) is 56.2 Å². The molecule has 1 aliphatic rings. The second kappa shape index (κ2) is 9.26. The molecule has 0 saturated carbocycles. The maximum Gasteiger partial charge on any atom is 0.137 e. The number of aliphatic hydroxyl groups excluding tert-OH is 1. The predicted octanol–water partition coefficient (Wildman–Crippen LogP) is 4.45. The molecule has 33 heavy (non-hydrogen) atoms. The Hall–Kier alpha value is -2.72. The van der Waals surface area contributed by atoms with Crippen molar-refractivity contribution < 1.29 is 9.84 Å². The number of aryl methyl sites for hydroxylation is 1. The molecule has 170 valence electrons. The molecule has 2 aromatic heterocycles. The zero-order valence-electron chi connectivity index (χ0n) is 18.2. The zero-order valence-corrected chi connectivity index (χ0v) is 19.7. The van der Waals surface area contributed by atoms with E-state index in [1.165, 1.54) is 6.33 Å². The molecule has 1 unspecified atom stereocenters. The van der Waals surface area contributed by atoms with Crippen LogP contribution in [0.25, 0.3) is 21.9 Å². The minimum Gasteiger partial charge on any atom is -0.382 e. The molecule has 8 nitrogen and oxygen atoms in total. The van der Waals surface area contributed by atoms with Gasteiger partial charge in [0.2, 0.25) is 0 Å². The SMILES string of the molecule is COC[C@@H](Nc1ncnc2cc(C(O)C3=NCCS3)c(C)cc12)c1nc2ccc(Cl)cc2[nH]1. The summed E-state index contributed by atoms with van der Waals surface area (Å²) < 4.78 is 5.45. The van der Waals surface area contributed by atoms with E-state index in [1.54, 1.807) is 18.9 Å². The molecule has 2 aromatic carbocycles. The molecular weight excluding hydrogens is 460 g/mol. The molecule has 0 spiro atoms. The third-order valence-electron chi connectivity index (χ3n) is 5.60. The lowest BCUT2D eigenvalue weighted by atomic mass is 10.0. The van der Waals surface area contributed by atoms with Crippen LogP contribution in [0.3, 0.4) is 0 Å². The van der Waals surface area contributed by atoms with Crippen LogP contribution in [0.1, 0.15) is 29.1 Å². The van der Waals surface area contributed by atoms with Crippen LogP contribution in [0.2, 0.25) is 5.02 Å². The van der Waals surface area contributed by atoms with Gasteiger partial charge in [-0.15, -0.1) is 11.8 Å². The molecule has 3 N–H and O–H groups in total. The Kier molecular flexibility index (Phi) is 6.20. The van der Waals surface area contributed by atoms with E-state index in [-0.39, 0.29) is 6.04 Å². The third-order valence-corrected chi connectivity index (χ3v) is 6.87. The first kappa shape index (κ1) is 22.1. The summed E-state index contributed by atoms with van der Waals surface area (Å²) in [4.78, 5) is 21.4. The van der Waals surface area contributed by atoms with E-state index in [0.29, 0.717) is 17.4 Å². The maximum absolute atomic E-state index is 10.8. The summed E-state index contributed by atoms with van der Waals surface area (Å²) in [5.74, 6) is 2.29. The number of nitrogens with zero attached hydrogens (tertiary/aromatic N) is 4. The summed E-state index contributed by atoms with van der Waals surface area (Å²) in [6, 6.07) is 9.19. The molecule has 0 radical (unpaired) electrons. The van der Waals surface area contributed by atoms with Crippen LogP contribution in [0.15, 0.2) is 41.7 Å². The quantitative estimate of drug-likeness (QED) is 0.357. The fourth-order valence-corrected chi connectivity index (χ4v) is 5.01. The number of hydrogen-bond acceptors (Lipinski definition) is 8. The number of rotatable bonds is 7. The highest BCUT2D eigenvalue weighted by molar-refractivity contribution is 8.14. The Labute approximate surface area is 199 Å². The van der Waals surface area contributed by atoms with Crippen LogP contribution < -0.4 is 5.32 Å². The molecule has 2 atom stereocenters. The first-order valence-electron chi connectivity index (χ1n) is 10.5. The Morgan fingerprint density at radius 1 is 1.24 bits per heavy atom. The number of halogens is 1. The number of aliphatic imine (C=N–C) groups is 1. The van der Waals surface area contributed by atoms with Gasteiger partial charge < -0.3 is 20.1 Å². The van der Waals surface area contributed by atoms with E-state index in [4.69, 9.17) is 21.3 Å². The molecule has 1 aliphatic heterocycles. The van der Waals surface area contributed by atoms with Crippen molar-refractivity contribution >= 4 is 56.2 Å². The lowest BCUT2D eigenvalue weighted by Crippen LogP contribution is -2.19. The number of ether oxygens (including phenoxy) is 1. The van der Waals surface area contributed by atoms with E-state index in [9.17, 15) is 5.11 Å². The Balaban J connectivity index is 1.50. The van der Waals surface area contributed by atoms with Gasteiger partial charge in [0.05, 0.1) is 23.2 Å². The van der Waals surface area contributed by atoms with Crippen LogP contribution in [0, 0.1) is 6.92 Å². The minimum atomic E-state index is -0.739. The van der Waals surface area contributed by atoms with Gasteiger partial charge in [-0.2, -0.15) is 0 Å². The molecule has 0 aliphatic carbocycles. The molecule has 10 heteroatoms. The van der Waals surface area contributed by atoms with Crippen LogP contribution in [-0.4, -0.2) is 56.1 Å². The number of aliphatic hydroxyl groups is 1. The number of thioether (sulfide) groups is 1. The fourth-order valence-electron chi connectivity index (χ4n) is 3.97. The molecular formula is C23H23ClN6O2S. The number of hydrogen-bond donors (Lipinski definition) is 3. The van der Waals surface area contributed by atoms with E-state index >= 15 is 0 Å². The highest BCUT2D eigenvalue weighted by atomic mass is 35.5. The summed E-state index contributed by atoms with van der Waals surface area (Å²) >= 11 is 7.72. The molecule has 5 rings (SSSR count). The normalized spacial score (nSPS) is 15.7. The lowest BCUT2D eigenvalue weighted by Gasteiger charge is -2.19. The number of methoxy groups -OCH3 is 1. The number of aromatic amines is 1. The highest BCUT2D eigenvalue weighted by Crippen LogP contribution is 2.32. The van der Waals surface area contributed by atoms with Gasteiger partial charge >= 0.3 is 0 Å². The van der Waals surface area contributed by atoms with Crippen LogP contribution in [0.4, 0.5) is 5.82 Å². The lowest BCUT2D eigenvalue weighted by molar-refractivity contribution is 0.184. The number of H-pyrrole nitrogens is 1. The van der Waals surface area contributed by atoms with Crippen molar-refractivity contribution in [3.63, 3.8) is 0 Å². The van der Waals surface area contributed by atoms with Crippen LogP contribution in [0.5, 0.6) is 0 Å².